The van der Waals surface area contributed by atoms with Crippen LogP contribution in [0, 0.1) is 11.8 Å². The molecule has 0 saturated heterocycles. The summed E-state index contributed by atoms with van der Waals surface area (Å²) in [6.07, 6.45) is 0. The summed E-state index contributed by atoms with van der Waals surface area (Å²) in [5.74, 6) is -3.15. The number of carbonyl (C=O) groups excluding carboxylic acids is 1. The summed E-state index contributed by atoms with van der Waals surface area (Å²) >= 11 is 0. The van der Waals surface area contributed by atoms with E-state index in [2.05, 4.69) is 0 Å². The van der Waals surface area contributed by atoms with Crippen molar-refractivity contribution in [2.24, 2.45) is 11.8 Å². The van der Waals surface area contributed by atoms with Gasteiger partial charge in [0.25, 0.3) is 0 Å². The molecule has 0 aliphatic carbocycles. The van der Waals surface area contributed by atoms with Crippen molar-refractivity contribution < 1.29 is 24.6 Å². The summed E-state index contributed by atoms with van der Waals surface area (Å²) in [6.45, 7) is 6.32. The zero-order valence-corrected chi connectivity index (χ0v) is 11.2. The Labute approximate surface area is 107 Å². The second-order valence-electron chi connectivity index (χ2n) is 4.90. The van der Waals surface area contributed by atoms with Gasteiger partial charge in [0.2, 0.25) is 0 Å². The molecule has 0 rings (SSSR count). The molecule has 2 unspecified atom stereocenters. The first-order chi connectivity index (χ1) is 8.16. The minimum absolute atomic E-state index is 0.0457. The van der Waals surface area contributed by atoms with Crippen LogP contribution >= 0.6 is 0 Å². The Kier molecular flexibility index (Phi) is 6.54. The molecular weight excluding hydrogens is 238 g/mol. The third kappa shape index (κ3) is 5.27. The van der Waals surface area contributed by atoms with E-state index in [-0.39, 0.29) is 24.8 Å². The average Bonchev–Trinajstić information content (AvgIpc) is 2.14. The van der Waals surface area contributed by atoms with Crippen molar-refractivity contribution >= 4 is 17.7 Å². The maximum Gasteiger partial charge on any atom is 0.321 e. The summed E-state index contributed by atoms with van der Waals surface area (Å²) in [5.41, 5.74) is 0. The SMILES string of the molecule is CC(=O)CN(CC(C)C(=O)O)C(C(=O)O)C(C)C. The lowest BCUT2D eigenvalue weighted by Gasteiger charge is -2.31. The van der Waals surface area contributed by atoms with Gasteiger partial charge in [0.1, 0.15) is 11.8 Å². The molecule has 0 spiro atoms. The Morgan fingerprint density at radius 1 is 1.06 bits per heavy atom. The van der Waals surface area contributed by atoms with Crippen molar-refractivity contribution in [3.63, 3.8) is 0 Å². The highest BCUT2D eigenvalue weighted by molar-refractivity contribution is 5.80. The van der Waals surface area contributed by atoms with Crippen LogP contribution in [0.25, 0.3) is 0 Å². The van der Waals surface area contributed by atoms with E-state index in [4.69, 9.17) is 5.11 Å². The van der Waals surface area contributed by atoms with E-state index in [0.29, 0.717) is 0 Å². The van der Waals surface area contributed by atoms with E-state index >= 15 is 0 Å². The molecule has 6 nitrogen and oxygen atoms in total. The highest BCUT2D eigenvalue weighted by Crippen LogP contribution is 2.14. The first-order valence-electron chi connectivity index (χ1n) is 5.85. The highest BCUT2D eigenvalue weighted by atomic mass is 16.4. The lowest BCUT2D eigenvalue weighted by Crippen LogP contribution is -2.49. The van der Waals surface area contributed by atoms with Crippen LogP contribution in [0.4, 0.5) is 0 Å². The zero-order chi connectivity index (χ0) is 14.5. The molecule has 0 aliphatic rings. The smallest absolute Gasteiger partial charge is 0.321 e. The number of aliphatic carboxylic acids is 2. The molecule has 0 aromatic rings. The largest absolute Gasteiger partial charge is 0.481 e. The molecule has 18 heavy (non-hydrogen) atoms. The Morgan fingerprint density at radius 3 is 1.83 bits per heavy atom. The van der Waals surface area contributed by atoms with Gasteiger partial charge in [-0.3, -0.25) is 19.3 Å². The van der Waals surface area contributed by atoms with E-state index < -0.39 is 23.9 Å². The van der Waals surface area contributed by atoms with Gasteiger partial charge in [-0.05, 0) is 12.8 Å². The van der Waals surface area contributed by atoms with Gasteiger partial charge in [-0.1, -0.05) is 20.8 Å². The van der Waals surface area contributed by atoms with E-state index in [9.17, 15) is 19.5 Å². The number of hydrogen-bond donors (Lipinski definition) is 2. The molecular formula is C12H21NO5. The van der Waals surface area contributed by atoms with Crippen molar-refractivity contribution in [1.29, 1.82) is 0 Å². The van der Waals surface area contributed by atoms with Gasteiger partial charge in [-0.25, -0.2) is 0 Å². The molecule has 0 amide bonds. The van der Waals surface area contributed by atoms with Crippen molar-refractivity contribution in [1.82, 2.24) is 4.90 Å². The molecule has 6 heteroatoms. The van der Waals surface area contributed by atoms with Crippen molar-refractivity contribution in [2.75, 3.05) is 13.1 Å². The van der Waals surface area contributed by atoms with Gasteiger partial charge in [-0.15, -0.1) is 0 Å². The summed E-state index contributed by atoms with van der Waals surface area (Å²) in [6, 6.07) is -0.851. The van der Waals surface area contributed by atoms with Crippen molar-refractivity contribution in [3.05, 3.63) is 0 Å². The first kappa shape index (κ1) is 16.6. The number of carbonyl (C=O) groups is 3. The van der Waals surface area contributed by atoms with E-state index in [1.807, 2.05) is 0 Å². The Balaban J connectivity index is 5.00. The van der Waals surface area contributed by atoms with Gasteiger partial charge in [0.05, 0.1) is 12.5 Å². The fraction of sp³-hybridized carbons (Fsp3) is 0.750. The quantitative estimate of drug-likeness (QED) is 0.666. The average molecular weight is 259 g/mol. The van der Waals surface area contributed by atoms with Crippen LogP contribution in [0.5, 0.6) is 0 Å². The van der Waals surface area contributed by atoms with Gasteiger partial charge < -0.3 is 10.2 Å². The Morgan fingerprint density at radius 2 is 1.56 bits per heavy atom. The van der Waals surface area contributed by atoms with Crippen LogP contribution in [-0.2, 0) is 14.4 Å². The minimum Gasteiger partial charge on any atom is -0.481 e. The lowest BCUT2D eigenvalue weighted by atomic mass is 10.0. The van der Waals surface area contributed by atoms with Crippen LogP contribution in [-0.4, -0.2) is 52.0 Å². The zero-order valence-electron chi connectivity index (χ0n) is 11.2. The number of carboxylic acids is 2. The highest BCUT2D eigenvalue weighted by Gasteiger charge is 2.31. The fourth-order valence-corrected chi connectivity index (χ4v) is 1.86. The maximum atomic E-state index is 11.2. The van der Waals surface area contributed by atoms with E-state index in [0.717, 1.165) is 0 Å². The minimum atomic E-state index is -1.04. The summed E-state index contributed by atoms with van der Waals surface area (Å²) in [5, 5.41) is 18.0. The first-order valence-corrected chi connectivity index (χ1v) is 5.85. The summed E-state index contributed by atoms with van der Waals surface area (Å²) in [4.78, 5) is 34.6. The number of nitrogens with zero attached hydrogens (tertiary/aromatic N) is 1. The predicted octanol–water partition coefficient (Wildman–Crippen LogP) is 0.707. The Bertz CT molecular complexity index is 326. The molecule has 0 aromatic carbocycles. The van der Waals surface area contributed by atoms with Gasteiger partial charge in [0, 0.05) is 6.54 Å². The van der Waals surface area contributed by atoms with Crippen LogP contribution in [0.3, 0.4) is 0 Å². The molecule has 0 radical (unpaired) electrons. The number of rotatable bonds is 8. The number of hydrogen-bond acceptors (Lipinski definition) is 4. The summed E-state index contributed by atoms with van der Waals surface area (Å²) < 4.78 is 0. The number of Topliss-reactive ketones (excluding diaryl/α,β-unsaturated/α-hetero) is 1. The maximum absolute atomic E-state index is 11.2. The number of carboxylic acid groups (broad SMARTS) is 2. The van der Waals surface area contributed by atoms with Crippen LogP contribution in [0.15, 0.2) is 0 Å². The van der Waals surface area contributed by atoms with E-state index in [1.165, 1.54) is 18.7 Å². The third-order valence-corrected chi connectivity index (χ3v) is 2.63. The predicted molar refractivity (Wildman–Crippen MR) is 65.3 cm³/mol. The van der Waals surface area contributed by atoms with Gasteiger partial charge in [-0.2, -0.15) is 0 Å². The second-order valence-corrected chi connectivity index (χ2v) is 4.90. The van der Waals surface area contributed by atoms with Gasteiger partial charge >= 0.3 is 11.9 Å². The van der Waals surface area contributed by atoms with Gasteiger partial charge in [0.15, 0.2) is 0 Å². The molecule has 0 bridgehead atoms. The van der Waals surface area contributed by atoms with Crippen LogP contribution in [0.1, 0.15) is 27.7 Å². The van der Waals surface area contributed by atoms with E-state index in [1.54, 1.807) is 13.8 Å². The monoisotopic (exact) mass is 259 g/mol. The second kappa shape index (κ2) is 7.10. The standard InChI is InChI=1S/C12H21NO5/c1-7(2)10(12(17)18)13(6-9(4)14)5-8(3)11(15)16/h7-8,10H,5-6H2,1-4H3,(H,15,16)(H,17,18). The number of ketones is 1. The lowest BCUT2D eigenvalue weighted by molar-refractivity contribution is -0.149. The fourth-order valence-electron chi connectivity index (χ4n) is 1.86. The van der Waals surface area contributed by atoms with Crippen molar-refractivity contribution in [3.8, 4) is 0 Å². The molecule has 104 valence electrons. The molecule has 0 aromatic heterocycles. The topological polar surface area (TPSA) is 94.9 Å². The summed E-state index contributed by atoms with van der Waals surface area (Å²) in [7, 11) is 0. The third-order valence-electron chi connectivity index (χ3n) is 2.63. The molecule has 0 heterocycles. The molecule has 0 saturated carbocycles. The molecule has 0 aliphatic heterocycles. The Hall–Kier alpha value is -1.43. The van der Waals surface area contributed by atoms with Crippen molar-refractivity contribution in [2.45, 2.75) is 33.7 Å². The normalized spacial score (nSPS) is 14.6. The molecule has 2 N–H and O–H groups in total. The molecule has 0 fully saturated rings. The molecule has 2 atom stereocenters. The van der Waals surface area contributed by atoms with Crippen LogP contribution < -0.4 is 0 Å². The van der Waals surface area contributed by atoms with Crippen LogP contribution in [0.2, 0.25) is 0 Å².